The molecule has 0 N–H and O–H groups in total. The molecule has 0 aromatic heterocycles. The molecule has 0 aliphatic heterocycles. The lowest BCUT2D eigenvalue weighted by Gasteiger charge is -2.11. The van der Waals surface area contributed by atoms with E-state index in [0.717, 1.165) is 0 Å². The first-order chi connectivity index (χ1) is 5.57. The van der Waals surface area contributed by atoms with Gasteiger partial charge in [-0.1, -0.05) is 34.4 Å². The van der Waals surface area contributed by atoms with Crippen LogP contribution in [0.15, 0.2) is 0 Å². The zero-order valence-corrected chi connectivity index (χ0v) is 8.16. The first kappa shape index (κ1) is 11.2. The molecule has 0 rings (SSSR count). The number of hydrogen-bond donors (Lipinski definition) is 0. The Morgan fingerprint density at radius 1 is 1.42 bits per heavy atom. The maximum atomic E-state index is 10.2. The molecule has 66 valence electrons. The van der Waals surface area contributed by atoms with Gasteiger partial charge in [0.05, 0.1) is 16.3 Å². The van der Waals surface area contributed by atoms with Crippen LogP contribution >= 0.6 is 22.6 Å². The number of carbonyl (C=O) groups excluding carboxylic acids is 2. The van der Waals surface area contributed by atoms with Gasteiger partial charge in [0, 0.05) is 12.4 Å². The van der Waals surface area contributed by atoms with Gasteiger partial charge in [-0.15, -0.1) is 0 Å². The molecule has 12 heavy (non-hydrogen) atoms. The number of halogens is 1. The second-order valence-corrected chi connectivity index (χ2v) is 2.67. The molecule has 0 bridgehead atoms. The Morgan fingerprint density at radius 3 is 2.33 bits per heavy atom. The first-order valence-corrected chi connectivity index (χ1v) is 4.55. The predicted molar refractivity (Wildman–Crippen MR) is 44.8 cm³/mol. The summed E-state index contributed by atoms with van der Waals surface area (Å²) in [6.07, 6.45) is -0.619. The molecule has 0 aliphatic rings. The molecule has 0 saturated heterocycles. The smallest absolute Gasteiger partial charge is 0.0650 e. The van der Waals surface area contributed by atoms with Crippen LogP contribution in [0.1, 0.15) is 6.42 Å². The fourth-order valence-electron chi connectivity index (χ4n) is 0.522. The summed E-state index contributed by atoms with van der Waals surface area (Å²) in [4.78, 5) is 20.2. The SMILES string of the molecule is O=C([O-])CC(C#CCI)C(=O)[O-]. The van der Waals surface area contributed by atoms with Crippen molar-refractivity contribution in [1.82, 2.24) is 0 Å². The van der Waals surface area contributed by atoms with Crippen LogP contribution in [0.4, 0.5) is 0 Å². The molecule has 1 unspecified atom stereocenters. The van der Waals surface area contributed by atoms with Crippen LogP contribution in [0.25, 0.3) is 0 Å². The van der Waals surface area contributed by atoms with Crippen molar-refractivity contribution in [3.63, 3.8) is 0 Å². The quantitative estimate of drug-likeness (QED) is 0.338. The highest BCUT2D eigenvalue weighted by Gasteiger charge is 2.05. The summed E-state index contributed by atoms with van der Waals surface area (Å²) in [6, 6.07) is 0. The van der Waals surface area contributed by atoms with Crippen LogP contribution < -0.4 is 10.2 Å². The Balaban J connectivity index is 4.24. The molecule has 0 radical (unpaired) electrons. The molecule has 0 fully saturated rings. The number of rotatable bonds is 3. The average Bonchev–Trinajstić information content (AvgIpc) is 1.96. The third-order valence-corrected chi connectivity index (χ3v) is 1.38. The van der Waals surface area contributed by atoms with Crippen molar-refractivity contribution in [1.29, 1.82) is 0 Å². The van der Waals surface area contributed by atoms with Gasteiger partial charge in [-0.05, 0) is 0 Å². The van der Waals surface area contributed by atoms with Crippen molar-refractivity contribution in [3.05, 3.63) is 0 Å². The van der Waals surface area contributed by atoms with Crippen LogP contribution in [-0.4, -0.2) is 16.4 Å². The van der Waals surface area contributed by atoms with E-state index in [2.05, 4.69) is 11.8 Å². The molecule has 0 aliphatic carbocycles. The summed E-state index contributed by atoms with van der Waals surface area (Å²) in [7, 11) is 0. The number of carboxylic acid groups (broad SMARTS) is 2. The van der Waals surface area contributed by atoms with Crippen LogP contribution in [0.3, 0.4) is 0 Å². The normalized spacial score (nSPS) is 11.1. The third kappa shape index (κ3) is 4.96. The zero-order valence-electron chi connectivity index (χ0n) is 6.00. The van der Waals surface area contributed by atoms with E-state index in [4.69, 9.17) is 0 Å². The molecule has 0 spiro atoms. The second-order valence-electron chi connectivity index (χ2n) is 1.90. The number of carbonyl (C=O) groups is 2. The largest absolute Gasteiger partial charge is 0.550 e. The first-order valence-electron chi connectivity index (χ1n) is 3.03. The molecule has 4 nitrogen and oxygen atoms in total. The van der Waals surface area contributed by atoms with Crippen molar-refractivity contribution in [2.24, 2.45) is 5.92 Å². The van der Waals surface area contributed by atoms with Crippen LogP contribution in [0.5, 0.6) is 0 Å². The highest BCUT2D eigenvalue weighted by atomic mass is 127. The predicted octanol–water partition coefficient (Wildman–Crippen LogP) is -2.07. The summed E-state index contributed by atoms with van der Waals surface area (Å²) >= 11 is 1.93. The standard InChI is InChI=1S/C7H7IO4/c8-3-1-2-5(7(11)12)4-6(9)10/h5H,3-4H2,(H,9,10)(H,11,12)/p-2. The monoisotopic (exact) mass is 280 g/mol. The van der Waals surface area contributed by atoms with E-state index >= 15 is 0 Å². The Labute approximate surface area is 83.1 Å². The van der Waals surface area contributed by atoms with Crippen LogP contribution in [0.2, 0.25) is 0 Å². The fourth-order valence-corrected chi connectivity index (χ4v) is 0.742. The van der Waals surface area contributed by atoms with E-state index in [1.807, 2.05) is 22.6 Å². The molecule has 0 aromatic carbocycles. The topological polar surface area (TPSA) is 80.3 Å². The maximum Gasteiger partial charge on any atom is 0.0650 e. The summed E-state index contributed by atoms with van der Waals surface area (Å²) in [5.74, 6) is 0.547. The number of hydrogen-bond acceptors (Lipinski definition) is 4. The molecule has 1 atom stereocenters. The van der Waals surface area contributed by atoms with Crippen molar-refractivity contribution < 1.29 is 19.8 Å². The van der Waals surface area contributed by atoms with Gasteiger partial charge in [-0.2, -0.15) is 0 Å². The van der Waals surface area contributed by atoms with Gasteiger partial charge >= 0.3 is 0 Å². The lowest BCUT2D eigenvalue weighted by Crippen LogP contribution is -2.35. The minimum Gasteiger partial charge on any atom is -0.550 e. The Hall–Kier alpha value is -0.770. The molecule has 5 heteroatoms. The van der Waals surface area contributed by atoms with Crippen molar-refractivity contribution in [2.75, 3.05) is 4.43 Å². The lowest BCUT2D eigenvalue weighted by atomic mass is 10.1. The average molecular weight is 280 g/mol. The maximum absolute atomic E-state index is 10.2. The number of aliphatic carboxylic acids is 2. The van der Waals surface area contributed by atoms with Gasteiger partial charge in [-0.3, -0.25) is 0 Å². The van der Waals surface area contributed by atoms with Gasteiger partial charge in [0.1, 0.15) is 0 Å². The summed E-state index contributed by atoms with van der Waals surface area (Å²) < 4.78 is 0.453. The minimum atomic E-state index is -1.48. The molecule has 0 heterocycles. The van der Waals surface area contributed by atoms with Gasteiger partial charge in [0.2, 0.25) is 0 Å². The Morgan fingerprint density at radius 2 is 2.00 bits per heavy atom. The summed E-state index contributed by atoms with van der Waals surface area (Å²) in [6.45, 7) is 0. The van der Waals surface area contributed by atoms with Gasteiger partial charge in [0.15, 0.2) is 0 Å². The summed E-state index contributed by atoms with van der Waals surface area (Å²) in [5, 5.41) is 20.2. The molecular formula is C7H5IO4-2. The lowest BCUT2D eigenvalue weighted by molar-refractivity contribution is -0.318. The van der Waals surface area contributed by atoms with Crippen LogP contribution in [-0.2, 0) is 9.59 Å². The molecule has 0 aromatic rings. The van der Waals surface area contributed by atoms with Gasteiger partial charge < -0.3 is 19.8 Å². The fraction of sp³-hybridized carbons (Fsp3) is 0.429. The molecular weight excluding hydrogens is 275 g/mol. The van der Waals surface area contributed by atoms with Crippen molar-refractivity contribution >= 4 is 34.5 Å². The van der Waals surface area contributed by atoms with E-state index in [1.54, 1.807) is 0 Å². The van der Waals surface area contributed by atoms with E-state index in [1.165, 1.54) is 0 Å². The Bertz CT molecular complexity index is 238. The molecule has 0 saturated carbocycles. The summed E-state index contributed by atoms with van der Waals surface area (Å²) in [5.41, 5.74) is 0. The number of alkyl halides is 1. The van der Waals surface area contributed by atoms with E-state index < -0.39 is 24.3 Å². The highest BCUT2D eigenvalue weighted by Crippen LogP contribution is 1.98. The third-order valence-electron chi connectivity index (χ3n) is 0.998. The minimum absolute atomic E-state index is 0.453. The zero-order chi connectivity index (χ0) is 9.56. The van der Waals surface area contributed by atoms with E-state index in [-0.39, 0.29) is 0 Å². The van der Waals surface area contributed by atoms with Crippen molar-refractivity contribution in [2.45, 2.75) is 6.42 Å². The molecule has 0 amide bonds. The number of carboxylic acids is 2. The van der Waals surface area contributed by atoms with Crippen molar-refractivity contribution in [3.8, 4) is 11.8 Å². The van der Waals surface area contributed by atoms with E-state index in [9.17, 15) is 19.8 Å². The van der Waals surface area contributed by atoms with E-state index in [0.29, 0.717) is 4.43 Å². The highest BCUT2D eigenvalue weighted by molar-refractivity contribution is 14.1. The second kappa shape index (κ2) is 5.83. The Kier molecular flexibility index (Phi) is 5.45. The van der Waals surface area contributed by atoms with Gasteiger partial charge in [0.25, 0.3) is 0 Å². The van der Waals surface area contributed by atoms with Gasteiger partial charge in [-0.25, -0.2) is 0 Å². The van der Waals surface area contributed by atoms with Crippen LogP contribution in [0, 0.1) is 17.8 Å².